The molecular weight excluding hydrogens is 238 g/mol. The van der Waals surface area contributed by atoms with Crippen molar-refractivity contribution in [2.24, 2.45) is 0 Å². The molecule has 0 spiro atoms. The summed E-state index contributed by atoms with van der Waals surface area (Å²) in [7, 11) is 1.69. The molecule has 0 amide bonds. The van der Waals surface area contributed by atoms with Crippen molar-refractivity contribution in [3.63, 3.8) is 0 Å². The molecule has 1 N–H and O–H groups in total. The number of hydrogen-bond acceptors (Lipinski definition) is 3. The van der Waals surface area contributed by atoms with Crippen molar-refractivity contribution in [2.75, 3.05) is 13.7 Å². The Bertz CT molecular complexity index is 559. The highest BCUT2D eigenvalue weighted by molar-refractivity contribution is 5.28. The molecule has 1 aliphatic heterocycles. The van der Waals surface area contributed by atoms with Crippen LogP contribution in [-0.4, -0.2) is 23.2 Å². The summed E-state index contributed by atoms with van der Waals surface area (Å²) in [5.74, 6) is 0.897. The molecule has 0 saturated heterocycles. The van der Waals surface area contributed by atoms with Crippen molar-refractivity contribution in [2.45, 2.75) is 25.9 Å². The van der Waals surface area contributed by atoms with Gasteiger partial charge in [0.25, 0.3) is 0 Å². The van der Waals surface area contributed by atoms with E-state index in [1.165, 1.54) is 17.0 Å². The van der Waals surface area contributed by atoms with E-state index < -0.39 is 0 Å². The first-order valence-corrected chi connectivity index (χ1v) is 6.68. The smallest absolute Gasteiger partial charge is 0.118 e. The molecule has 3 rings (SSSR count). The molecule has 0 bridgehead atoms. The Balaban J connectivity index is 1.83. The lowest BCUT2D eigenvalue weighted by atomic mass is 10.1. The van der Waals surface area contributed by atoms with Crippen LogP contribution in [0.5, 0.6) is 5.75 Å². The Morgan fingerprint density at radius 2 is 2.16 bits per heavy atom. The van der Waals surface area contributed by atoms with Gasteiger partial charge in [-0.2, -0.15) is 0 Å². The van der Waals surface area contributed by atoms with Gasteiger partial charge < -0.3 is 14.6 Å². The van der Waals surface area contributed by atoms with E-state index in [0.29, 0.717) is 6.04 Å². The molecule has 0 radical (unpaired) electrons. The van der Waals surface area contributed by atoms with E-state index in [4.69, 9.17) is 4.74 Å². The van der Waals surface area contributed by atoms with E-state index in [1.54, 1.807) is 7.11 Å². The average molecular weight is 257 g/mol. The maximum absolute atomic E-state index is 5.18. The summed E-state index contributed by atoms with van der Waals surface area (Å²) in [6.45, 7) is 4.07. The molecule has 2 heterocycles. The van der Waals surface area contributed by atoms with E-state index >= 15 is 0 Å². The highest BCUT2D eigenvalue weighted by Crippen LogP contribution is 2.22. The van der Waals surface area contributed by atoms with Crippen molar-refractivity contribution < 1.29 is 4.74 Å². The lowest BCUT2D eigenvalue weighted by molar-refractivity contribution is 0.414. The van der Waals surface area contributed by atoms with E-state index in [2.05, 4.69) is 33.9 Å². The number of imidazole rings is 1. The third-order valence-electron chi connectivity index (χ3n) is 3.71. The number of methoxy groups -OCH3 is 1. The number of nitrogens with zero attached hydrogens (tertiary/aromatic N) is 2. The first-order valence-electron chi connectivity index (χ1n) is 6.68. The summed E-state index contributed by atoms with van der Waals surface area (Å²) in [4.78, 5) is 4.54. The maximum atomic E-state index is 5.18. The van der Waals surface area contributed by atoms with Gasteiger partial charge in [0.05, 0.1) is 19.1 Å². The fraction of sp³-hybridized carbons (Fsp3) is 0.400. The molecule has 1 aromatic heterocycles. The minimum Gasteiger partial charge on any atom is -0.497 e. The summed E-state index contributed by atoms with van der Waals surface area (Å²) in [5.41, 5.74) is 3.83. The SMILES string of the molecule is COc1ccc(Cn2cnc3c2CCNC3C)cc1. The second-order valence-electron chi connectivity index (χ2n) is 4.98. The minimum absolute atomic E-state index is 0.362. The molecule has 0 fully saturated rings. The van der Waals surface area contributed by atoms with E-state index in [0.717, 1.165) is 25.3 Å². The Labute approximate surface area is 113 Å². The Hall–Kier alpha value is -1.81. The van der Waals surface area contributed by atoms with Crippen LogP contribution in [0.4, 0.5) is 0 Å². The number of ether oxygens (including phenoxy) is 1. The summed E-state index contributed by atoms with van der Waals surface area (Å²) >= 11 is 0. The van der Waals surface area contributed by atoms with Crippen LogP contribution >= 0.6 is 0 Å². The number of fused-ring (bicyclic) bond motifs is 1. The monoisotopic (exact) mass is 257 g/mol. The normalized spacial score (nSPS) is 18.1. The van der Waals surface area contributed by atoms with Gasteiger partial charge in [0.15, 0.2) is 0 Å². The van der Waals surface area contributed by atoms with Gasteiger partial charge in [-0.15, -0.1) is 0 Å². The number of benzene rings is 1. The van der Waals surface area contributed by atoms with Crippen LogP contribution in [0.15, 0.2) is 30.6 Å². The van der Waals surface area contributed by atoms with Crippen molar-refractivity contribution >= 4 is 0 Å². The largest absolute Gasteiger partial charge is 0.497 e. The maximum Gasteiger partial charge on any atom is 0.118 e. The predicted molar refractivity (Wildman–Crippen MR) is 74.4 cm³/mol. The zero-order valence-electron chi connectivity index (χ0n) is 11.4. The lowest BCUT2D eigenvalue weighted by Gasteiger charge is -2.21. The minimum atomic E-state index is 0.362. The van der Waals surface area contributed by atoms with Crippen LogP contribution < -0.4 is 10.1 Å². The van der Waals surface area contributed by atoms with Gasteiger partial charge in [0.2, 0.25) is 0 Å². The standard InChI is InChI=1S/C15H19N3O/c1-11-15-14(7-8-16-11)18(10-17-15)9-12-3-5-13(19-2)6-4-12/h3-6,10-11,16H,7-9H2,1-2H3. The van der Waals surface area contributed by atoms with Gasteiger partial charge in [-0.05, 0) is 24.6 Å². The van der Waals surface area contributed by atoms with Crippen LogP contribution in [0.2, 0.25) is 0 Å². The van der Waals surface area contributed by atoms with Gasteiger partial charge in [0, 0.05) is 31.2 Å². The quantitative estimate of drug-likeness (QED) is 0.915. The molecule has 1 aliphatic rings. The second-order valence-corrected chi connectivity index (χ2v) is 4.98. The van der Waals surface area contributed by atoms with Crippen LogP contribution in [0.3, 0.4) is 0 Å². The Morgan fingerprint density at radius 3 is 2.89 bits per heavy atom. The fourth-order valence-corrected chi connectivity index (χ4v) is 2.62. The molecule has 100 valence electrons. The molecule has 4 nitrogen and oxygen atoms in total. The fourth-order valence-electron chi connectivity index (χ4n) is 2.62. The van der Waals surface area contributed by atoms with Gasteiger partial charge in [-0.25, -0.2) is 4.98 Å². The highest BCUT2D eigenvalue weighted by atomic mass is 16.5. The Kier molecular flexibility index (Phi) is 3.25. The van der Waals surface area contributed by atoms with E-state index in [9.17, 15) is 0 Å². The predicted octanol–water partition coefficient (Wildman–Crippen LogP) is 2.15. The number of hydrogen-bond donors (Lipinski definition) is 1. The average Bonchev–Trinajstić information content (AvgIpc) is 2.84. The van der Waals surface area contributed by atoms with Crippen LogP contribution in [0.25, 0.3) is 0 Å². The molecular formula is C15H19N3O. The van der Waals surface area contributed by atoms with Crippen molar-refractivity contribution in [3.8, 4) is 5.75 Å². The molecule has 1 aromatic carbocycles. The topological polar surface area (TPSA) is 39.1 Å². The Morgan fingerprint density at radius 1 is 1.37 bits per heavy atom. The van der Waals surface area contributed by atoms with Crippen LogP contribution in [0.1, 0.15) is 29.9 Å². The third-order valence-corrected chi connectivity index (χ3v) is 3.71. The molecule has 0 aliphatic carbocycles. The van der Waals surface area contributed by atoms with Gasteiger partial charge in [-0.3, -0.25) is 0 Å². The molecule has 2 aromatic rings. The zero-order valence-corrected chi connectivity index (χ0v) is 11.4. The molecule has 19 heavy (non-hydrogen) atoms. The van der Waals surface area contributed by atoms with Crippen molar-refractivity contribution in [1.82, 2.24) is 14.9 Å². The summed E-state index contributed by atoms with van der Waals surface area (Å²) in [6.07, 6.45) is 3.01. The molecule has 0 saturated carbocycles. The van der Waals surface area contributed by atoms with E-state index in [-0.39, 0.29) is 0 Å². The summed E-state index contributed by atoms with van der Waals surface area (Å²) in [6, 6.07) is 8.58. The van der Waals surface area contributed by atoms with Crippen molar-refractivity contribution in [3.05, 3.63) is 47.5 Å². The van der Waals surface area contributed by atoms with E-state index in [1.807, 2.05) is 18.5 Å². The van der Waals surface area contributed by atoms with Crippen LogP contribution in [0, 0.1) is 0 Å². The zero-order chi connectivity index (χ0) is 13.2. The molecule has 4 heteroatoms. The van der Waals surface area contributed by atoms with Gasteiger partial charge in [-0.1, -0.05) is 12.1 Å². The van der Waals surface area contributed by atoms with Gasteiger partial charge in [0.1, 0.15) is 5.75 Å². The first kappa shape index (κ1) is 12.2. The third kappa shape index (κ3) is 2.36. The number of rotatable bonds is 3. The van der Waals surface area contributed by atoms with Crippen LogP contribution in [-0.2, 0) is 13.0 Å². The molecule has 1 atom stereocenters. The van der Waals surface area contributed by atoms with Gasteiger partial charge >= 0.3 is 0 Å². The molecule has 1 unspecified atom stereocenters. The number of aromatic nitrogens is 2. The second kappa shape index (κ2) is 5.05. The number of nitrogens with one attached hydrogen (secondary N) is 1. The summed E-state index contributed by atoms with van der Waals surface area (Å²) in [5, 5.41) is 3.44. The highest BCUT2D eigenvalue weighted by Gasteiger charge is 2.20. The first-order chi connectivity index (χ1) is 9.28. The summed E-state index contributed by atoms with van der Waals surface area (Å²) < 4.78 is 7.44. The van der Waals surface area contributed by atoms with Crippen molar-refractivity contribution in [1.29, 1.82) is 0 Å². The lowest BCUT2D eigenvalue weighted by Crippen LogP contribution is -2.29.